The van der Waals surface area contributed by atoms with Crippen LogP contribution in [-0.4, -0.2) is 53.5 Å². The number of anilines is 1. The van der Waals surface area contributed by atoms with Crippen molar-refractivity contribution in [2.45, 2.75) is 6.92 Å². The highest BCUT2D eigenvalue weighted by Crippen LogP contribution is 2.29. The Bertz CT molecular complexity index is 620. The van der Waals surface area contributed by atoms with Gasteiger partial charge in [0.2, 0.25) is 5.91 Å². The molecule has 2 N–H and O–H groups in total. The number of fused-ring (bicyclic) bond motifs is 1. The molecule has 1 aromatic rings. The molecule has 1 fully saturated rings. The molecule has 0 aliphatic carbocycles. The molecule has 1 saturated heterocycles. The molecule has 2 aliphatic rings. The molecule has 0 saturated carbocycles. The highest BCUT2D eigenvalue weighted by Gasteiger charge is 2.20. The number of piperazine rings is 1. The van der Waals surface area contributed by atoms with Gasteiger partial charge < -0.3 is 20.4 Å². The summed E-state index contributed by atoms with van der Waals surface area (Å²) in [5, 5.41) is 7.32. The molecule has 0 unspecified atom stereocenters. The fourth-order valence-electron chi connectivity index (χ4n) is 2.80. The third-order valence-electron chi connectivity index (χ3n) is 4.12. The first-order chi connectivity index (χ1) is 10.6. The lowest BCUT2D eigenvalue weighted by Gasteiger charge is -2.35. The maximum Gasteiger partial charge on any atom is 0.219 e. The van der Waals surface area contributed by atoms with Crippen molar-refractivity contribution in [1.82, 2.24) is 15.1 Å². The fraction of sp³-hybridized carbons (Fsp3) is 0.375. The fourth-order valence-corrected chi connectivity index (χ4v) is 3.04. The number of carbonyl (C=O) groups excluding carboxylic acids is 1. The number of rotatable bonds is 1. The van der Waals surface area contributed by atoms with Crippen LogP contribution in [0, 0.1) is 0 Å². The molecule has 0 bridgehead atoms. The van der Waals surface area contributed by atoms with E-state index in [1.807, 2.05) is 23.2 Å². The lowest BCUT2D eigenvalue weighted by molar-refractivity contribution is -0.130. The molecule has 2 aliphatic heterocycles. The summed E-state index contributed by atoms with van der Waals surface area (Å²) in [6, 6.07) is 8.26. The summed E-state index contributed by atoms with van der Waals surface area (Å²) in [5.74, 6) is 0.134. The molecule has 1 aromatic carbocycles. The Labute approximate surface area is 136 Å². The van der Waals surface area contributed by atoms with E-state index >= 15 is 0 Å². The van der Waals surface area contributed by atoms with Crippen LogP contribution in [0.15, 0.2) is 30.5 Å². The monoisotopic (exact) mass is 316 g/mol. The van der Waals surface area contributed by atoms with Gasteiger partial charge in [0.05, 0.1) is 0 Å². The largest absolute Gasteiger partial charge is 0.380 e. The average molecular weight is 316 g/mol. The van der Waals surface area contributed by atoms with E-state index in [1.54, 1.807) is 6.92 Å². The van der Waals surface area contributed by atoms with E-state index in [1.165, 1.54) is 11.1 Å². The number of nitrogens with one attached hydrogen (secondary N) is 2. The van der Waals surface area contributed by atoms with E-state index in [0.717, 1.165) is 43.5 Å². The molecule has 3 rings (SSSR count). The first-order valence-electron chi connectivity index (χ1n) is 7.48. The van der Waals surface area contributed by atoms with E-state index in [-0.39, 0.29) is 5.91 Å². The van der Waals surface area contributed by atoms with E-state index < -0.39 is 0 Å². The third-order valence-corrected chi connectivity index (χ3v) is 4.50. The van der Waals surface area contributed by atoms with Gasteiger partial charge in [0.25, 0.3) is 0 Å². The van der Waals surface area contributed by atoms with Crippen LogP contribution < -0.4 is 10.6 Å². The Balaban J connectivity index is 1.58. The van der Waals surface area contributed by atoms with Crippen LogP contribution in [0.2, 0.25) is 0 Å². The van der Waals surface area contributed by atoms with Crippen molar-refractivity contribution in [3.8, 4) is 0 Å². The van der Waals surface area contributed by atoms with Gasteiger partial charge in [-0.15, -0.1) is 0 Å². The SMILES string of the molecule is CC(=O)N1CCN(C(=S)N/C=C2/CNc3ccccc32)CC1. The first-order valence-corrected chi connectivity index (χ1v) is 7.89. The van der Waals surface area contributed by atoms with Gasteiger partial charge in [-0.25, -0.2) is 0 Å². The summed E-state index contributed by atoms with van der Waals surface area (Å²) in [4.78, 5) is 15.3. The molecular weight excluding hydrogens is 296 g/mol. The summed E-state index contributed by atoms with van der Waals surface area (Å²) in [6.07, 6.45) is 1.98. The first kappa shape index (κ1) is 14.8. The van der Waals surface area contributed by atoms with E-state index in [0.29, 0.717) is 0 Å². The second kappa shape index (κ2) is 6.36. The van der Waals surface area contributed by atoms with Gasteiger partial charge >= 0.3 is 0 Å². The predicted octanol–water partition coefficient (Wildman–Crippen LogP) is 1.49. The standard InChI is InChI=1S/C16H20N4OS/c1-12(21)19-6-8-20(9-7-19)16(22)18-11-13-10-17-15-5-3-2-4-14(13)15/h2-5,11,17H,6-10H2,1H3,(H,18,22)/b13-11-. The van der Waals surface area contributed by atoms with Crippen molar-refractivity contribution in [2.75, 3.05) is 38.0 Å². The summed E-state index contributed by atoms with van der Waals surface area (Å²) in [7, 11) is 0. The van der Waals surface area contributed by atoms with Crippen molar-refractivity contribution in [1.29, 1.82) is 0 Å². The topological polar surface area (TPSA) is 47.6 Å². The van der Waals surface area contributed by atoms with Crippen LogP contribution in [0.5, 0.6) is 0 Å². The lowest BCUT2D eigenvalue weighted by atomic mass is 10.1. The number of para-hydroxylation sites is 1. The molecule has 1 amide bonds. The Hall–Kier alpha value is -2.08. The highest BCUT2D eigenvalue weighted by molar-refractivity contribution is 7.80. The molecule has 0 aromatic heterocycles. The van der Waals surface area contributed by atoms with Gasteiger partial charge in [-0.1, -0.05) is 18.2 Å². The molecule has 0 spiro atoms. The van der Waals surface area contributed by atoms with Gasteiger partial charge in [-0.3, -0.25) is 4.79 Å². The number of nitrogens with zero attached hydrogens (tertiary/aromatic N) is 2. The van der Waals surface area contributed by atoms with Crippen LogP contribution in [0.1, 0.15) is 12.5 Å². The van der Waals surface area contributed by atoms with Gasteiger partial charge in [-0.2, -0.15) is 0 Å². The third kappa shape index (κ3) is 3.06. The van der Waals surface area contributed by atoms with Crippen molar-refractivity contribution in [3.05, 3.63) is 36.0 Å². The number of benzene rings is 1. The molecular formula is C16H20N4OS. The summed E-state index contributed by atoms with van der Waals surface area (Å²) in [6.45, 7) is 5.46. The zero-order valence-electron chi connectivity index (χ0n) is 12.6. The van der Waals surface area contributed by atoms with Crippen molar-refractivity contribution in [3.63, 3.8) is 0 Å². The minimum atomic E-state index is 0.134. The van der Waals surface area contributed by atoms with Gasteiger partial charge in [0.1, 0.15) is 0 Å². The Kier molecular flexibility index (Phi) is 4.29. The molecule has 116 valence electrons. The van der Waals surface area contributed by atoms with Crippen LogP contribution in [0.3, 0.4) is 0 Å². The molecule has 0 radical (unpaired) electrons. The van der Waals surface area contributed by atoms with Crippen LogP contribution in [0.25, 0.3) is 5.57 Å². The van der Waals surface area contributed by atoms with E-state index in [4.69, 9.17) is 12.2 Å². The molecule has 22 heavy (non-hydrogen) atoms. The molecule has 0 atom stereocenters. The zero-order chi connectivity index (χ0) is 15.5. The number of hydrogen-bond donors (Lipinski definition) is 2. The van der Waals surface area contributed by atoms with Crippen LogP contribution in [-0.2, 0) is 4.79 Å². The average Bonchev–Trinajstić information content (AvgIpc) is 2.96. The second-order valence-electron chi connectivity index (χ2n) is 5.51. The highest BCUT2D eigenvalue weighted by atomic mass is 32.1. The maximum atomic E-state index is 11.3. The number of thiocarbonyl (C=S) groups is 1. The normalized spacial score (nSPS) is 18.9. The quantitative estimate of drug-likeness (QED) is 0.769. The van der Waals surface area contributed by atoms with Crippen molar-refractivity contribution in [2.24, 2.45) is 0 Å². The minimum absolute atomic E-state index is 0.134. The van der Waals surface area contributed by atoms with Gasteiger partial charge in [-0.05, 0) is 23.9 Å². The van der Waals surface area contributed by atoms with Gasteiger partial charge in [0.15, 0.2) is 5.11 Å². The van der Waals surface area contributed by atoms with E-state index in [2.05, 4.69) is 27.7 Å². The number of carbonyl (C=O) groups is 1. The number of amides is 1. The molecule has 6 heteroatoms. The zero-order valence-corrected chi connectivity index (χ0v) is 13.4. The molecule has 2 heterocycles. The smallest absolute Gasteiger partial charge is 0.219 e. The Morgan fingerprint density at radius 2 is 1.91 bits per heavy atom. The lowest BCUT2D eigenvalue weighted by Crippen LogP contribution is -2.52. The summed E-state index contributed by atoms with van der Waals surface area (Å²) in [5.41, 5.74) is 3.59. The molecule has 5 nitrogen and oxygen atoms in total. The Morgan fingerprint density at radius 3 is 2.64 bits per heavy atom. The van der Waals surface area contributed by atoms with Crippen molar-refractivity contribution < 1.29 is 4.79 Å². The summed E-state index contributed by atoms with van der Waals surface area (Å²) >= 11 is 5.46. The van der Waals surface area contributed by atoms with Crippen LogP contribution in [0.4, 0.5) is 5.69 Å². The Morgan fingerprint density at radius 1 is 1.23 bits per heavy atom. The van der Waals surface area contributed by atoms with Crippen LogP contribution >= 0.6 is 12.2 Å². The maximum absolute atomic E-state index is 11.3. The minimum Gasteiger partial charge on any atom is -0.380 e. The van der Waals surface area contributed by atoms with E-state index in [9.17, 15) is 4.79 Å². The number of hydrogen-bond acceptors (Lipinski definition) is 3. The van der Waals surface area contributed by atoms with Crippen molar-refractivity contribution >= 4 is 34.5 Å². The van der Waals surface area contributed by atoms with Gasteiger partial charge in [0, 0.05) is 57.1 Å². The predicted molar refractivity (Wildman–Crippen MR) is 92.5 cm³/mol. The second-order valence-corrected chi connectivity index (χ2v) is 5.90. The summed E-state index contributed by atoms with van der Waals surface area (Å²) < 4.78 is 0.